The number of thiophene rings is 1. The molecule has 1 aliphatic carbocycles. The SMILES string of the molecule is CCNC(c1ccc(Cl)s1)C1CCC(C(C)C)CC1. The van der Waals surface area contributed by atoms with Crippen LogP contribution < -0.4 is 5.32 Å². The van der Waals surface area contributed by atoms with Crippen LogP contribution in [0.3, 0.4) is 0 Å². The van der Waals surface area contributed by atoms with Crippen molar-refractivity contribution in [3.05, 3.63) is 21.3 Å². The quantitative estimate of drug-likeness (QED) is 0.755. The third-order valence-corrected chi connectivity index (χ3v) is 5.87. The van der Waals surface area contributed by atoms with E-state index in [1.54, 1.807) is 11.3 Å². The highest BCUT2D eigenvalue weighted by atomic mass is 35.5. The summed E-state index contributed by atoms with van der Waals surface area (Å²) in [5, 5.41) is 3.68. The fourth-order valence-electron chi connectivity index (χ4n) is 3.36. The van der Waals surface area contributed by atoms with Gasteiger partial charge in [-0.1, -0.05) is 32.4 Å². The van der Waals surface area contributed by atoms with Crippen molar-refractivity contribution < 1.29 is 0 Å². The lowest BCUT2D eigenvalue weighted by Crippen LogP contribution is -2.31. The number of halogens is 1. The average Bonchev–Trinajstić information content (AvgIpc) is 2.82. The fraction of sp³-hybridized carbons (Fsp3) is 0.750. The van der Waals surface area contributed by atoms with Crippen molar-refractivity contribution in [2.75, 3.05) is 6.54 Å². The maximum Gasteiger partial charge on any atom is 0.0931 e. The van der Waals surface area contributed by atoms with Gasteiger partial charge in [0.1, 0.15) is 0 Å². The minimum Gasteiger partial charge on any atom is -0.309 e. The standard InChI is InChI=1S/C16H26ClNS/c1-4-18-16(14-9-10-15(17)19-14)13-7-5-12(6-8-13)11(2)3/h9-13,16,18H,4-8H2,1-3H3. The summed E-state index contributed by atoms with van der Waals surface area (Å²) in [5.41, 5.74) is 0. The Morgan fingerprint density at radius 2 is 1.84 bits per heavy atom. The monoisotopic (exact) mass is 299 g/mol. The molecule has 1 aliphatic rings. The van der Waals surface area contributed by atoms with E-state index in [-0.39, 0.29) is 0 Å². The number of hydrogen-bond acceptors (Lipinski definition) is 2. The Balaban J connectivity index is 2.01. The molecule has 1 heterocycles. The first-order chi connectivity index (χ1) is 9.11. The van der Waals surface area contributed by atoms with Crippen LogP contribution >= 0.6 is 22.9 Å². The molecular weight excluding hydrogens is 274 g/mol. The summed E-state index contributed by atoms with van der Waals surface area (Å²) < 4.78 is 0.911. The summed E-state index contributed by atoms with van der Waals surface area (Å²) in [5.74, 6) is 2.56. The summed E-state index contributed by atoms with van der Waals surface area (Å²) in [6.07, 6.45) is 5.50. The molecule has 1 saturated carbocycles. The molecule has 0 bridgehead atoms. The molecule has 108 valence electrons. The van der Waals surface area contributed by atoms with Crippen LogP contribution in [-0.2, 0) is 0 Å². The summed E-state index contributed by atoms with van der Waals surface area (Å²) in [6, 6.07) is 4.75. The summed E-state index contributed by atoms with van der Waals surface area (Å²) in [4.78, 5) is 1.42. The minimum absolute atomic E-state index is 0.510. The molecule has 0 saturated heterocycles. The summed E-state index contributed by atoms with van der Waals surface area (Å²) in [7, 11) is 0. The Morgan fingerprint density at radius 1 is 1.21 bits per heavy atom. The molecule has 1 aromatic rings. The van der Waals surface area contributed by atoms with Gasteiger partial charge in [0, 0.05) is 10.9 Å². The Bertz CT molecular complexity index is 380. The zero-order valence-corrected chi connectivity index (χ0v) is 13.9. The van der Waals surface area contributed by atoms with Crippen molar-refractivity contribution in [3.63, 3.8) is 0 Å². The highest BCUT2D eigenvalue weighted by Crippen LogP contribution is 2.41. The van der Waals surface area contributed by atoms with Crippen LogP contribution in [0.4, 0.5) is 0 Å². The topological polar surface area (TPSA) is 12.0 Å². The Morgan fingerprint density at radius 3 is 2.32 bits per heavy atom. The van der Waals surface area contributed by atoms with Crippen molar-refractivity contribution in [2.24, 2.45) is 17.8 Å². The smallest absolute Gasteiger partial charge is 0.0931 e. The highest BCUT2D eigenvalue weighted by Gasteiger charge is 2.29. The van der Waals surface area contributed by atoms with Crippen molar-refractivity contribution in [1.29, 1.82) is 0 Å². The second-order valence-corrected chi connectivity index (χ2v) is 7.84. The van der Waals surface area contributed by atoms with Gasteiger partial charge >= 0.3 is 0 Å². The summed E-state index contributed by atoms with van der Waals surface area (Å²) >= 11 is 7.84. The minimum atomic E-state index is 0.510. The predicted octanol–water partition coefficient (Wildman–Crippen LogP) is 5.51. The van der Waals surface area contributed by atoms with Gasteiger partial charge in [-0.15, -0.1) is 11.3 Å². The molecule has 0 amide bonds. The summed E-state index contributed by atoms with van der Waals surface area (Å²) in [6.45, 7) is 7.96. The normalized spacial score (nSPS) is 25.7. The number of hydrogen-bond donors (Lipinski definition) is 1. The van der Waals surface area contributed by atoms with Crippen molar-refractivity contribution in [3.8, 4) is 0 Å². The van der Waals surface area contributed by atoms with Gasteiger partial charge in [-0.05, 0) is 62.1 Å². The lowest BCUT2D eigenvalue weighted by molar-refractivity contribution is 0.191. The lowest BCUT2D eigenvalue weighted by atomic mass is 9.74. The molecule has 2 rings (SSSR count). The first-order valence-corrected chi connectivity index (χ1v) is 8.79. The van der Waals surface area contributed by atoms with E-state index in [1.807, 2.05) is 6.07 Å². The predicted molar refractivity (Wildman–Crippen MR) is 86.0 cm³/mol. The molecule has 1 N–H and O–H groups in total. The molecule has 0 aliphatic heterocycles. The number of rotatable bonds is 5. The zero-order valence-electron chi connectivity index (χ0n) is 12.3. The van der Waals surface area contributed by atoms with Crippen molar-refractivity contribution >= 4 is 22.9 Å². The maximum atomic E-state index is 6.10. The molecule has 0 radical (unpaired) electrons. The second-order valence-electron chi connectivity index (χ2n) is 6.10. The van der Waals surface area contributed by atoms with E-state index >= 15 is 0 Å². The zero-order chi connectivity index (χ0) is 13.8. The van der Waals surface area contributed by atoms with Gasteiger partial charge in [-0.25, -0.2) is 0 Å². The van der Waals surface area contributed by atoms with E-state index in [9.17, 15) is 0 Å². The van der Waals surface area contributed by atoms with Crippen LogP contribution in [0.1, 0.15) is 57.4 Å². The molecule has 1 fully saturated rings. The largest absolute Gasteiger partial charge is 0.309 e. The van der Waals surface area contributed by atoms with Gasteiger partial charge in [-0.2, -0.15) is 0 Å². The Kier molecular flexibility index (Phi) is 5.73. The molecule has 1 unspecified atom stereocenters. The van der Waals surface area contributed by atoms with E-state index < -0.39 is 0 Å². The van der Waals surface area contributed by atoms with Crippen LogP contribution in [0.2, 0.25) is 4.34 Å². The molecule has 0 spiro atoms. The van der Waals surface area contributed by atoms with E-state index in [4.69, 9.17) is 11.6 Å². The van der Waals surface area contributed by atoms with Crippen molar-refractivity contribution in [2.45, 2.75) is 52.5 Å². The van der Waals surface area contributed by atoms with E-state index in [2.05, 4.69) is 32.2 Å². The molecule has 1 nitrogen and oxygen atoms in total. The lowest BCUT2D eigenvalue weighted by Gasteiger charge is -2.35. The molecule has 1 aromatic heterocycles. The second kappa shape index (κ2) is 7.10. The van der Waals surface area contributed by atoms with Gasteiger partial charge in [0.25, 0.3) is 0 Å². The highest BCUT2D eigenvalue weighted by molar-refractivity contribution is 7.16. The first kappa shape index (κ1) is 15.3. The molecule has 3 heteroatoms. The number of nitrogens with one attached hydrogen (secondary N) is 1. The van der Waals surface area contributed by atoms with Crippen LogP contribution in [0.5, 0.6) is 0 Å². The molecular formula is C16H26ClNS. The molecule has 19 heavy (non-hydrogen) atoms. The van der Waals surface area contributed by atoms with Gasteiger partial charge in [0.2, 0.25) is 0 Å². The van der Waals surface area contributed by atoms with Crippen LogP contribution in [0.25, 0.3) is 0 Å². The maximum absolute atomic E-state index is 6.10. The van der Waals surface area contributed by atoms with Crippen LogP contribution in [0, 0.1) is 17.8 Å². The molecule has 0 aromatic carbocycles. The Hall–Kier alpha value is -0.0500. The van der Waals surface area contributed by atoms with Gasteiger partial charge in [-0.3, -0.25) is 0 Å². The van der Waals surface area contributed by atoms with Crippen LogP contribution in [-0.4, -0.2) is 6.54 Å². The van der Waals surface area contributed by atoms with Gasteiger partial charge in [0.15, 0.2) is 0 Å². The third-order valence-electron chi connectivity index (χ3n) is 4.56. The Labute approximate surface area is 126 Å². The molecule has 1 atom stereocenters. The van der Waals surface area contributed by atoms with Gasteiger partial charge < -0.3 is 5.32 Å². The van der Waals surface area contributed by atoms with Gasteiger partial charge in [0.05, 0.1) is 4.34 Å². The average molecular weight is 300 g/mol. The fourth-order valence-corrected chi connectivity index (χ4v) is 4.59. The first-order valence-electron chi connectivity index (χ1n) is 7.60. The van der Waals surface area contributed by atoms with E-state index in [0.717, 1.165) is 28.6 Å². The van der Waals surface area contributed by atoms with E-state index in [0.29, 0.717) is 6.04 Å². The third kappa shape index (κ3) is 3.96. The van der Waals surface area contributed by atoms with Crippen LogP contribution in [0.15, 0.2) is 12.1 Å². The van der Waals surface area contributed by atoms with Crippen molar-refractivity contribution in [1.82, 2.24) is 5.32 Å². The van der Waals surface area contributed by atoms with E-state index in [1.165, 1.54) is 30.6 Å².